The van der Waals surface area contributed by atoms with Gasteiger partial charge in [0.25, 0.3) is 11.4 Å². The molecule has 0 unspecified atom stereocenters. The molecule has 8 heteroatoms. The fraction of sp³-hybridized carbons (Fsp3) is 0.333. The predicted molar refractivity (Wildman–Crippen MR) is 79.3 cm³/mol. The van der Waals surface area contributed by atoms with Crippen LogP contribution in [0.3, 0.4) is 0 Å². The van der Waals surface area contributed by atoms with Gasteiger partial charge < -0.3 is 14.4 Å². The Morgan fingerprint density at radius 2 is 2.35 bits per heavy atom. The number of ether oxygens (including phenoxy) is 1. The molecule has 1 aliphatic rings. The average molecular weight is 314 g/mol. The van der Waals surface area contributed by atoms with E-state index in [0.29, 0.717) is 11.5 Å². The Morgan fingerprint density at radius 3 is 3.04 bits per heavy atom. The lowest BCUT2D eigenvalue weighted by Crippen LogP contribution is -2.19. The molecule has 0 amide bonds. The van der Waals surface area contributed by atoms with E-state index in [1.54, 1.807) is 7.05 Å². The van der Waals surface area contributed by atoms with Crippen molar-refractivity contribution in [3.05, 3.63) is 33.9 Å². The Labute approximate surface area is 131 Å². The average Bonchev–Trinajstić information content (AvgIpc) is 3.20. The third-order valence-electron chi connectivity index (χ3n) is 3.41. The number of hydrogen-bond donors (Lipinski definition) is 2. The molecule has 1 fully saturated rings. The molecule has 8 nitrogen and oxygen atoms in total. The van der Waals surface area contributed by atoms with Gasteiger partial charge in [0.05, 0.1) is 5.56 Å². The quantitative estimate of drug-likeness (QED) is 0.819. The minimum atomic E-state index is -1.26. The van der Waals surface area contributed by atoms with Crippen molar-refractivity contribution in [2.45, 2.75) is 19.3 Å². The first kappa shape index (κ1) is 14.8. The molecule has 2 N–H and O–H groups in total. The number of aromatic amines is 1. The van der Waals surface area contributed by atoms with Crippen molar-refractivity contribution in [2.24, 2.45) is 13.0 Å². The fourth-order valence-electron chi connectivity index (χ4n) is 1.99. The van der Waals surface area contributed by atoms with Gasteiger partial charge in [-0.1, -0.05) is 17.1 Å². The molecule has 23 heavy (non-hydrogen) atoms. The van der Waals surface area contributed by atoms with Crippen LogP contribution >= 0.6 is 0 Å². The predicted octanol–water partition coefficient (Wildman–Crippen LogP) is 1.15. The highest BCUT2D eigenvalue weighted by molar-refractivity contribution is 5.87. The van der Waals surface area contributed by atoms with E-state index in [2.05, 4.69) is 27.3 Å². The highest BCUT2D eigenvalue weighted by Crippen LogP contribution is 2.31. The lowest BCUT2D eigenvalue weighted by atomic mass is 10.2. The Hall–Kier alpha value is -3.08. The number of nitrogens with zero attached hydrogens (tertiary/aromatic N) is 3. The summed E-state index contributed by atoms with van der Waals surface area (Å²) in [6.07, 6.45) is 4.62. The van der Waals surface area contributed by atoms with E-state index in [4.69, 9.17) is 9.84 Å². The van der Waals surface area contributed by atoms with Crippen LogP contribution in [0.5, 0.6) is 11.6 Å². The molecule has 1 saturated carbocycles. The number of hydrogen-bond acceptors (Lipinski definition) is 5. The Balaban J connectivity index is 1.88. The van der Waals surface area contributed by atoms with Crippen molar-refractivity contribution in [3.8, 4) is 23.5 Å². The van der Waals surface area contributed by atoms with Crippen LogP contribution in [0.15, 0.2) is 17.1 Å². The molecule has 2 heterocycles. The molecular weight excluding hydrogens is 300 g/mol. The number of carboxylic acid groups (broad SMARTS) is 1. The molecule has 0 bridgehead atoms. The summed E-state index contributed by atoms with van der Waals surface area (Å²) < 4.78 is 6.77. The van der Waals surface area contributed by atoms with Crippen LogP contribution in [0.2, 0.25) is 0 Å². The van der Waals surface area contributed by atoms with Gasteiger partial charge in [-0.3, -0.25) is 4.79 Å². The van der Waals surface area contributed by atoms with Gasteiger partial charge in [-0.15, -0.1) is 5.10 Å². The molecular formula is C15H14N4O4. The number of aryl methyl sites for hydroxylation is 1. The Morgan fingerprint density at radius 1 is 1.57 bits per heavy atom. The summed E-state index contributed by atoms with van der Waals surface area (Å²) in [5.41, 5.74) is -0.267. The number of pyridine rings is 1. The number of aromatic nitrogens is 4. The molecule has 0 aliphatic heterocycles. The molecule has 0 atom stereocenters. The standard InChI is InChI=1S/C15H14N4O4/c1-19-8-11(23-13-12(15(21)22)16-18-17-13)7-10(14(19)20)4-2-3-9-5-6-9/h7-9H,3,5-6H2,1H3,(H,21,22)(H,16,17,18). The van der Waals surface area contributed by atoms with Crippen LogP contribution in [0.4, 0.5) is 0 Å². The van der Waals surface area contributed by atoms with E-state index in [1.165, 1.54) is 29.7 Å². The molecule has 2 aromatic rings. The van der Waals surface area contributed by atoms with Gasteiger partial charge in [-0.05, 0) is 18.8 Å². The normalized spacial score (nSPS) is 13.3. The monoisotopic (exact) mass is 314 g/mol. The summed E-state index contributed by atoms with van der Waals surface area (Å²) in [5, 5.41) is 18.2. The van der Waals surface area contributed by atoms with Crippen molar-refractivity contribution >= 4 is 5.97 Å². The first-order valence-electron chi connectivity index (χ1n) is 7.06. The number of aromatic carboxylic acids is 1. The minimum Gasteiger partial charge on any atom is -0.476 e. The third-order valence-corrected chi connectivity index (χ3v) is 3.41. The van der Waals surface area contributed by atoms with Crippen LogP contribution in [0.25, 0.3) is 0 Å². The van der Waals surface area contributed by atoms with Crippen LogP contribution in [-0.4, -0.2) is 31.1 Å². The maximum absolute atomic E-state index is 12.1. The first-order chi connectivity index (χ1) is 11.0. The fourth-order valence-corrected chi connectivity index (χ4v) is 1.99. The van der Waals surface area contributed by atoms with Crippen LogP contribution in [0.1, 0.15) is 35.3 Å². The SMILES string of the molecule is Cn1cc(Oc2[nH]nnc2C(=O)O)cc(C#CCC2CC2)c1=O. The van der Waals surface area contributed by atoms with Gasteiger partial charge in [0.1, 0.15) is 5.75 Å². The van der Waals surface area contributed by atoms with Gasteiger partial charge in [0.2, 0.25) is 5.69 Å². The topological polar surface area (TPSA) is 110 Å². The van der Waals surface area contributed by atoms with Crippen molar-refractivity contribution in [1.82, 2.24) is 20.0 Å². The molecule has 1 aliphatic carbocycles. The summed E-state index contributed by atoms with van der Waals surface area (Å²) in [5.74, 6) is 5.43. The number of rotatable bonds is 4. The minimum absolute atomic E-state index is 0.104. The Kier molecular flexibility index (Phi) is 3.85. The zero-order chi connectivity index (χ0) is 16.4. The van der Waals surface area contributed by atoms with Gasteiger partial charge in [0.15, 0.2) is 0 Å². The Bertz CT molecular complexity index is 868. The second kappa shape index (κ2) is 5.96. The lowest BCUT2D eigenvalue weighted by Gasteiger charge is -2.06. The zero-order valence-corrected chi connectivity index (χ0v) is 12.4. The summed E-state index contributed by atoms with van der Waals surface area (Å²) in [6.45, 7) is 0. The first-order valence-corrected chi connectivity index (χ1v) is 7.06. The number of H-pyrrole nitrogens is 1. The summed E-state index contributed by atoms with van der Waals surface area (Å²) in [4.78, 5) is 23.1. The largest absolute Gasteiger partial charge is 0.476 e. The molecule has 0 saturated heterocycles. The van der Waals surface area contributed by atoms with E-state index in [0.717, 1.165) is 6.42 Å². The zero-order valence-electron chi connectivity index (χ0n) is 12.4. The molecule has 118 valence electrons. The summed E-state index contributed by atoms with van der Waals surface area (Å²) >= 11 is 0. The van der Waals surface area contributed by atoms with E-state index in [9.17, 15) is 9.59 Å². The second-order valence-corrected chi connectivity index (χ2v) is 5.35. The smallest absolute Gasteiger partial charge is 0.362 e. The van der Waals surface area contributed by atoms with E-state index in [1.807, 2.05) is 0 Å². The molecule has 0 radical (unpaired) electrons. The number of nitrogens with one attached hydrogen (secondary N) is 1. The van der Waals surface area contributed by atoms with Crippen molar-refractivity contribution in [3.63, 3.8) is 0 Å². The third kappa shape index (κ3) is 3.40. The highest BCUT2D eigenvalue weighted by Gasteiger charge is 2.19. The van der Waals surface area contributed by atoms with E-state index >= 15 is 0 Å². The van der Waals surface area contributed by atoms with Crippen LogP contribution < -0.4 is 10.3 Å². The summed E-state index contributed by atoms with van der Waals surface area (Å²) in [7, 11) is 1.57. The second-order valence-electron chi connectivity index (χ2n) is 5.35. The summed E-state index contributed by atoms with van der Waals surface area (Å²) in [6, 6.07) is 1.48. The van der Waals surface area contributed by atoms with Crippen molar-refractivity contribution in [1.29, 1.82) is 0 Å². The number of carboxylic acids is 1. The molecule has 0 spiro atoms. The molecule has 3 rings (SSSR count). The maximum atomic E-state index is 12.1. The van der Waals surface area contributed by atoms with E-state index in [-0.39, 0.29) is 22.9 Å². The van der Waals surface area contributed by atoms with Crippen molar-refractivity contribution < 1.29 is 14.6 Å². The van der Waals surface area contributed by atoms with Crippen molar-refractivity contribution in [2.75, 3.05) is 0 Å². The number of carbonyl (C=O) groups is 1. The lowest BCUT2D eigenvalue weighted by molar-refractivity contribution is 0.0687. The molecule has 2 aromatic heterocycles. The van der Waals surface area contributed by atoms with Crippen LogP contribution in [0, 0.1) is 17.8 Å². The molecule has 0 aromatic carbocycles. The van der Waals surface area contributed by atoms with Gasteiger partial charge in [0, 0.05) is 25.7 Å². The van der Waals surface area contributed by atoms with E-state index < -0.39 is 5.97 Å². The van der Waals surface area contributed by atoms with Crippen LogP contribution in [-0.2, 0) is 7.05 Å². The maximum Gasteiger partial charge on any atom is 0.362 e. The van der Waals surface area contributed by atoms with Gasteiger partial charge in [-0.25, -0.2) is 9.89 Å². The van der Waals surface area contributed by atoms with Gasteiger partial charge >= 0.3 is 5.97 Å². The van der Waals surface area contributed by atoms with Gasteiger partial charge in [-0.2, -0.15) is 0 Å². The highest BCUT2D eigenvalue weighted by atomic mass is 16.5.